The number of unbranched alkanes of at least 4 members (excludes halogenated alkanes) is 15. The average molecular weight is 525 g/mol. The first-order valence-electron chi connectivity index (χ1n) is 13.9. The molecule has 0 aromatic heterocycles. The monoisotopic (exact) mass is 524 g/mol. The molecule has 0 aliphatic carbocycles. The van der Waals surface area contributed by atoms with Crippen LogP contribution in [0.4, 0.5) is 0 Å². The van der Waals surface area contributed by atoms with Crippen molar-refractivity contribution in [3.05, 3.63) is 0 Å². The van der Waals surface area contributed by atoms with Crippen LogP contribution in [-0.2, 0) is 13.0 Å². The largest absolute Gasteiger partial charge is 0.666 e. The topological polar surface area (TPSA) is 88.4 Å². The fourth-order valence-electron chi connectivity index (χ4n) is 4.37. The number of nitrogens with zero attached hydrogens (tertiary/aromatic N) is 1. The van der Waals surface area contributed by atoms with E-state index < -0.39 is 17.9 Å². The van der Waals surface area contributed by atoms with Crippen LogP contribution < -0.4 is 0 Å². The van der Waals surface area contributed by atoms with Gasteiger partial charge in [0.1, 0.15) is 0 Å². The third-order valence-corrected chi connectivity index (χ3v) is 11.2. The predicted molar refractivity (Wildman–Crippen MR) is 144 cm³/mol. The molecule has 1 unspecified atom stereocenters. The molecule has 0 spiro atoms. The molecule has 0 aromatic carbocycles. The van der Waals surface area contributed by atoms with Gasteiger partial charge in [-0.3, -0.25) is 0 Å². The fraction of sp³-hybridized carbons (Fsp3) is 1.00. The van der Waals surface area contributed by atoms with Crippen molar-refractivity contribution in [1.29, 1.82) is 0 Å². The summed E-state index contributed by atoms with van der Waals surface area (Å²) in [7, 11) is -1.05. The molecule has 0 aromatic rings. The van der Waals surface area contributed by atoms with Crippen LogP contribution in [0.5, 0.6) is 0 Å². The Morgan fingerprint density at radius 3 is 1.32 bits per heavy atom. The maximum atomic E-state index is 10.4. The van der Waals surface area contributed by atoms with Crippen LogP contribution in [0.2, 0.25) is 6.04 Å². The highest BCUT2D eigenvalue weighted by molar-refractivity contribution is 6.70. The second-order valence-corrected chi connectivity index (χ2v) is 15.2. The highest BCUT2D eigenvalue weighted by Gasteiger charge is 2.49. The molecule has 0 aliphatic heterocycles. The predicted octanol–water partition coefficient (Wildman–Crippen LogP) is 5.38. The lowest BCUT2D eigenvalue weighted by atomic mass is 10.0. The molecule has 0 amide bonds. The normalized spacial score (nSPS) is 14.5. The summed E-state index contributed by atoms with van der Waals surface area (Å²) >= 11 is 0. The molecule has 3 N–H and O–H groups in total. The average Bonchev–Trinajstić information content (AvgIpc) is 2.78. The Morgan fingerprint density at radius 2 is 0.941 bits per heavy atom. The van der Waals surface area contributed by atoms with E-state index in [1.165, 1.54) is 110 Å². The Kier molecular flexibility index (Phi) is 20.3. The molecular formula is C25H58NO6Si2+. The molecule has 0 saturated heterocycles. The van der Waals surface area contributed by atoms with Crippen LogP contribution in [-0.4, -0.2) is 78.1 Å². The standard InChI is InChI=1S/C25H58NO6Si2/c1-6-7-8-9-10-11-12-13-14-15-16-17-18-19-20-21-23-26(2,3)24-22-25-33(27,30-4)32-34(28,29)31-5/h27-29H,6-25H2,1-5H3/q+1. The van der Waals surface area contributed by atoms with Crippen molar-refractivity contribution >= 4 is 17.9 Å². The zero-order valence-corrected chi connectivity index (χ0v) is 25.2. The fourth-order valence-corrected chi connectivity index (χ4v) is 7.92. The molecule has 206 valence electrons. The van der Waals surface area contributed by atoms with Gasteiger partial charge in [-0.05, 0) is 12.8 Å². The van der Waals surface area contributed by atoms with Crippen molar-refractivity contribution in [1.82, 2.24) is 0 Å². The second-order valence-electron chi connectivity index (χ2n) is 10.6. The summed E-state index contributed by atoms with van der Waals surface area (Å²) in [5, 5.41) is 0. The molecule has 0 saturated carbocycles. The quantitative estimate of drug-likeness (QED) is 0.0845. The maximum absolute atomic E-state index is 10.4. The van der Waals surface area contributed by atoms with Crippen molar-refractivity contribution in [3.63, 3.8) is 0 Å². The maximum Gasteiger partial charge on any atom is 0.666 e. The van der Waals surface area contributed by atoms with E-state index in [0.29, 0.717) is 6.42 Å². The van der Waals surface area contributed by atoms with Gasteiger partial charge in [-0.1, -0.05) is 96.8 Å². The molecule has 0 fully saturated rings. The van der Waals surface area contributed by atoms with Crippen LogP contribution in [0.1, 0.15) is 116 Å². The van der Waals surface area contributed by atoms with Crippen molar-refractivity contribution in [2.24, 2.45) is 0 Å². The third kappa shape index (κ3) is 20.4. The van der Waals surface area contributed by atoms with Crippen molar-refractivity contribution in [2.45, 2.75) is 122 Å². The first-order chi connectivity index (χ1) is 16.1. The van der Waals surface area contributed by atoms with Gasteiger partial charge in [0.15, 0.2) is 0 Å². The second kappa shape index (κ2) is 20.2. The number of hydrogen-bond donors (Lipinski definition) is 3. The minimum absolute atomic E-state index is 0.281. The van der Waals surface area contributed by atoms with Gasteiger partial charge < -0.3 is 31.8 Å². The molecule has 0 heterocycles. The van der Waals surface area contributed by atoms with Crippen LogP contribution in [0.25, 0.3) is 0 Å². The molecule has 1 atom stereocenters. The summed E-state index contributed by atoms with van der Waals surface area (Å²) in [6.45, 7) is 4.25. The Bertz CT molecular complexity index is 471. The molecule has 34 heavy (non-hydrogen) atoms. The highest BCUT2D eigenvalue weighted by Crippen LogP contribution is 2.18. The molecule has 0 bridgehead atoms. The summed E-state index contributed by atoms with van der Waals surface area (Å²) in [4.78, 5) is 29.6. The summed E-state index contributed by atoms with van der Waals surface area (Å²) in [6.07, 6.45) is 22.8. The van der Waals surface area contributed by atoms with Gasteiger partial charge in [0, 0.05) is 26.7 Å². The first-order valence-corrected chi connectivity index (χ1v) is 17.6. The Labute approximate surface area is 213 Å². The van der Waals surface area contributed by atoms with Gasteiger partial charge in [-0.2, -0.15) is 0 Å². The van der Waals surface area contributed by atoms with E-state index in [0.717, 1.165) is 24.7 Å². The first kappa shape index (κ1) is 34.2. The zero-order valence-electron chi connectivity index (χ0n) is 23.2. The van der Waals surface area contributed by atoms with Crippen molar-refractivity contribution in [3.8, 4) is 0 Å². The van der Waals surface area contributed by atoms with E-state index >= 15 is 0 Å². The van der Waals surface area contributed by atoms with E-state index in [-0.39, 0.29) is 6.04 Å². The Morgan fingerprint density at radius 1 is 0.559 bits per heavy atom. The molecule has 0 rings (SSSR count). The van der Waals surface area contributed by atoms with Crippen molar-refractivity contribution in [2.75, 3.05) is 41.4 Å². The molecule has 0 aliphatic rings. The smallest absolute Gasteiger partial charge is 0.390 e. The third-order valence-electron chi connectivity index (χ3n) is 6.75. The SMILES string of the molecule is CCCCCCCCCCCCCCCCCC[N+](C)(C)CCC[Si](O)(OC)O[Si](O)(O)OC. The lowest BCUT2D eigenvalue weighted by Crippen LogP contribution is -2.55. The highest BCUT2D eigenvalue weighted by atomic mass is 28.5. The van der Waals surface area contributed by atoms with Crippen LogP contribution in [0.3, 0.4) is 0 Å². The summed E-state index contributed by atoms with van der Waals surface area (Å²) < 4.78 is 15.5. The number of hydrogen-bond acceptors (Lipinski definition) is 6. The van der Waals surface area contributed by atoms with Crippen LogP contribution in [0.15, 0.2) is 0 Å². The van der Waals surface area contributed by atoms with Crippen LogP contribution >= 0.6 is 0 Å². The lowest BCUT2D eigenvalue weighted by molar-refractivity contribution is -0.890. The lowest BCUT2D eigenvalue weighted by Gasteiger charge is -2.31. The molecule has 0 radical (unpaired) electrons. The number of quaternary nitrogens is 1. The molecular weight excluding hydrogens is 466 g/mol. The minimum atomic E-state index is -4.30. The minimum Gasteiger partial charge on any atom is -0.390 e. The van der Waals surface area contributed by atoms with E-state index in [2.05, 4.69) is 25.4 Å². The summed E-state index contributed by atoms with van der Waals surface area (Å²) in [5.74, 6) is 0. The molecule has 7 nitrogen and oxygen atoms in total. The van der Waals surface area contributed by atoms with E-state index in [4.69, 9.17) is 8.54 Å². The van der Waals surface area contributed by atoms with Crippen LogP contribution in [0, 0.1) is 0 Å². The van der Waals surface area contributed by atoms with E-state index in [1.807, 2.05) is 0 Å². The molecule has 9 heteroatoms. The summed E-state index contributed by atoms with van der Waals surface area (Å²) in [5.41, 5.74) is 0. The van der Waals surface area contributed by atoms with Crippen molar-refractivity contribution < 1.29 is 31.8 Å². The Hall–Kier alpha value is 0.154. The van der Waals surface area contributed by atoms with Gasteiger partial charge in [-0.25, -0.2) is 0 Å². The van der Waals surface area contributed by atoms with Gasteiger partial charge in [0.2, 0.25) is 0 Å². The van der Waals surface area contributed by atoms with Gasteiger partial charge in [0.25, 0.3) is 0 Å². The van der Waals surface area contributed by atoms with Gasteiger partial charge in [0.05, 0.1) is 27.2 Å². The van der Waals surface area contributed by atoms with E-state index in [1.54, 1.807) is 0 Å². The van der Waals surface area contributed by atoms with E-state index in [9.17, 15) is 14.4 Å². The summed E-state index contributed by atoms with van der Waals surface area (Å²) in [6, 6.07) is 0.281. The Balaban J connectivity index is 3.65. The number of rotatable bonds is 25. The van der Waals surface area contributed by atoms with Gasteiger partial charge in [-0.15, -0.1) is 0 Å². The van der Waals surface area contributed by atoms with Gasteiger partial charge >= 0.3 is 17.9 Å². The zero-order chi connectivity index (χ0) is 25.8.